The van der Waals surface area contributed by atoms with E-state index in [-0.39, 0.29) is 28.5 Å². The Kier molecular flexibility index (Phi) is 4.71. The molecule has 0 saturated carbocycles. The maximum absolute atomic E-state index is 13.7. The summed E-state index contributed by atoms with van der Waals surface area (Å²) < 4.78 is 27.4. The van der Waals surface area contributed by atoms with Crippen molar-refractivity contribution in [2.45, 2.75) is 25.2 Å². The topological polar surface area (TPSA) is 37.3 Å². The number of hydrogen-bond donors (Lipinski definition) is 1. The fourth-order valence-corrected chi connectivity index (χ4v) is 1.80. The Morgan fingerprint density at radius 3 is 2.59 bits per heavy atom. The van der Waals surface area contributed by atoms with Gasteiger partial charge in [-0.2, -0.15) is 0 Å². The maximum Gasteiger partial charge on any atom is 0.303 e. The average molecular weight is 283 g/mol. The van der Waals surface area contributed by atoms with Crippen LogP contribution in [0.5, 0.6) is 0 Å². The van der Waals surface area contributed by atoms with Crippen LogP contribution in [-0.4, -0.2) is 11.1 Å². The molecule has 0 bridgehead atoms. The SMILES string of the molecule is O=C(O)CCCC(F)(F)c1cc(Cl)ccc1Cl. The second kappa shape index (κ2) is 5.65. The third kappa shape index (κ3) is 4.13. The molecule has 0 radical (unpaired) electrons. The molecule has 0 aromatic heterocycles. The molecular weight excluding hydrogens is 273 g/mol. The number of carboxylic acids is 1. The fourth-order valence-electron chi connectivity index (χ4n) is 1.37. The summed E-state index contributed by atoms with van der Waals surface area (Å²) in [7, 11) is 0. The van der Waals surface area contributed by atoms with Crippen LogP contribution in [0.15, 0.2) is 18.2 Å². The molecule has 0 unspecified atom stereocenters. The van der Waals surface area contributed by atoms with Crippen LogP contribution in [0.25, 0.3) is 0 Å². The number of rotatable bonds is 5. The van der Waals surface area contributed by atoms with Gasteiger partial charge in [-0.1, -0.05) is 23.2 Å². The second-order valence-corrected chi connectivity index (χ2v) is 4.42. The molecule has 0 amide bonds. The lowest BCUT2D eigenvalue weighted by molar-refractivity contribution is -0.137. The summed E-state index contributed by atoms with van der Waals surface area (Å²) in [6.07, 6.45) is -0.988. The highest BCUT2D eigenvalue weighted by atomic mass is 35.5. The molecule has 17 heavy (non-hydrogen) atoms. The van der Waals surface area contributed by atoms with Crippen molar-refractivity contribution in [2.75, 3.05) is 0 Å². The zero-order valence-corrected chi connectivity index (χ0v) is 10.2. The Morgan fingerprint density at radius 1 is 1.35 bits per heavy atom. The minimum absolute atomic E-state index is 0.0743. The number of carboxylic acid groups (broad SMARTS) is 1. The fraction of sp³-hybridized carbons (Fsp3) is 0.364. The molecule has 1 N–H and O–H groups in total. The zero-order chi connectivity index (χ0) is 13.1. The zero-order valence-electron chi connectivity index (χ0n) is 8.72. The van der Waals surface area contributed by atoms with Crippen molar-refractivity contribution in [1.29, 1.82) is 0 Å². The first-order valence-corrected chi connectivity index (χ1v) is 5.63. The first kappa shape index (κ1) is 14.2. The summed E-state index contributed by atoms with van der Waals surface area (Å²) in [5, 5.41) is 8.48. The highest BCUT2D eigenvalue weighted by Crippen LogP contribution is 2.38. The normalized spacial score (nSPS) is 11.5. The van der Waals surface area contributed by atoms with Crippen LogP contribution >= 0.6 is 23.2 Å². The van der Waals surface area contributed by atoms with Gasteiger partial charge in [0.25, 0.3) is 5.92 Å². The van der Waals surface area contributed by atoms with Crippen LogP contribution in [0, 0.1) is 0 Å². The molecule has 1 aromatic carbocycles. The molecule has 1 rings (SSSR count). The number of carbonyl (C=O) groups is 1. The Bertz CT molecular complexity index is 422. The number of hydrogen-bond acceptors (Lipinski definition) is 1. The standard InChI is InChI=1S/C11H10Cl2F2O2/c12-7-3-4-9(13)8(6-7)11(14,15)5-1-2-10(16)17/h3-4,6H,1-2,5H2,(H,16,17). The summed E-state index contributed by atoms with van der Waals surface area (Å²) in [6.45, 7) is 0. The van der Waals surface area contributed by atoms with E-state index in [2.05, 4.69) is 0 Å². The van der Waals surface area contributed by atoms with Gasteiger partial charge in [-0.05, 0) is 24.6 Å². The van der Waals surface area contributed by atoms with Gasteiger partial charge >= 0.3 is 5.97 Å². The Morgan fingerprint density at radius 2 is 2.00 bits per heavy atom. The van der Waals surface area contributed by atoms with Crippen molar-refractivity contribution in [3.05, 3.63) is 33.8 Å². The van der Waals surface area contributed by atoms with Gasteiger partial charge in [0.1, 0.15) is 0 Å². The van der Waals surface area contributed by atoms with Gasteiger partial charge in [-0.25, -0.2) is 8.78 Å². The molecule has 0 aliphatic heterocycles. The monoisotopic (exact) mass is 282 g/mol. The van der Waals surface area contributed by atoms with Crippen molar-refractivity contribution in [3.8, 4) is 0 Å². The molecule has 6 heteroatoms. The largest absolute Gasteiger partial charge is 0.481 e. The van der Waals surface area contributed by atoms with Crippen LogP contribution in [0.4, 0.5) is 8.78 Å². The Balaban J connectivity index is 2.81. The van der Waals surface area contributed by atoms with E-state index in [4.69, 9.17) is 28.3 Å². The van der Waals surface area contributed by atoms with E-state index in [1.54, 1.807) is 0 Å². The summed E-state index contributed by atoms with van der Waals surface area (Å²) in [5.74, 6) is -4.27. The lowest BCUT2D eigenvalue weighted by Gasteiger charge is -2.17. The predicted octanol–water partition coefficient (Wildman–Crippen LogP) is 4.34. The molecule has 0 spiro atoms. The van der Waals surface area contributed by atoms with Gasteiger partial charge in [-0.15, -0.1) is 0 Å². The number of alkyl halides is 2. The highest BCUT2D eigenvalue weighted by Gasteiger charge is 2.33. The predicted molar refractivity (Wildman–Crippen MR) is 61.8 cm³/mol. The third-order valence-electron chi connectivity index (χ3n) is 2.20. The van der Waals surface area contributed by atoms with Crippen molar-refractivity contribution < 1.29 is 18.7 Å². The molecule has 0 heterocycles. The Labute approximate surface area is 107 Å². The minimum atomic E-state index is -3.17. The van der Waals surface area contributed by atoms with Gasteiger partial charge in [0.2, 0.25) is 0 Å². The van der Waals surface area contributed by atoms with Crippen LogP contribution < -0.4 is 0 Å². The molecule has 0 atom stereocenters. The van der Waals surface area contributed by atoms with E-state index >= 15 is 0 Å². The van der Waals surface area contributed by atoms with Crippen LogP contribution in [0.1, 0.15) is 24.8 Å². The van der Waals surface area contributed by atoms with Crippen molar-refractivity contribution >= 4 is 29.2 Å². The van der Waals surface area contributed by atoms with E-state index in [9.17, 15) is 13.6 Å². The van der Waals surface area contributed by atoms with Crippen molar-refractivity contribution in [1.82, 2.24) is 0 Å². The molecule has 0 fully saturated rings. The number of halogens is 4. The summed E-state index contributed by atoms with van der Waals surface area (Å²) in [5.41, 5.74) is -0.364. The van der Waals surface area contributed by atoms with Gasteiger partial charge in [0.15, 0.2) is 0 Å². The van der Waals surface area contributed by atoms with Gasteiger partial charge in [0, 0.05) is 28.5 Å². The molecule has 94 valence electrons. The van der Waals surface area contributed by atoms with Gasteiger partial charge in [0.05, 0.1) is 0 Å². The Hall–Kier alpha value is -0.870. The van der Waals surface area contributed by atoms with E-state index in [1.807, 2.05) is 0 Å². The highest BCUT2D eigenvalue weighted by molar-refractivity contribution is 6.33. The lowest BCUT2D eigenvalue weighted by atomic mass is 10.0. The van der Waals surface area contributed by atoms with E-state index < -0.39 is 18.3 Å². The van der Waals surface area contributed by atoms with E-state index in [1.165, 1.54) is 12.1 Å². The summed E-state index contributed by atoms with van der Waals surface area (Å²) >= 11 is 11.3. The quantitative estimate of drug-likeness (QED) is 0.872. The first-order chi connectivity index (χ1) is 7.83. The van der Waals surface area contributed by atoms with Crippen molar-refractivity contribution in [2.24, 2.45) is 0 Å². The third-order valence-corrected chi connectivity index (χ3v) is 2.77. The van der Waals surface area contributed by atoms with Crippen LogP contribution in [-0.2, 0) is 10.7 Å². The van der Waals surface area contributed by atoms with E-state index in [0.717, 1.165) is 6.07 Å². The lowest BCUT2D eigenvalue weighted by Crippen LogP contribution is -2.14. The summed E-state index contributed by atoms with van der Waals surface area (Å²) in [6, 6.07) is 3.82. The molecule has 2 nitrogen and oxygen atoms in total. The molecule has 0 aliphatic rings. The van der Waals surface area contributed by atoms with Crippen LogP contribution in [0.2, 0.25) is 10.0 Å². The number of aliphatic carboxylic acids is 1. The molecular formula is C11H10Cl2F2O2. The smallest absolute Gasteiger partial charge is 0.303 e. The maximum atomic E-state index is 13.7. The average Bonchev–Trinajstić information content (AvgIpc) is 2.20. The minimum Gasteiger partial charge on any atom is -0.481 e. The number of benzene rings is 1. The van der Waals surface area contributed by atoms with Crippen molar-refractivity contribution in [3.63, 3.8) is 0 Å². The second-order valence-electron chi connectivity index (χ2n) is 3.58. The van der Waals surface area contributed by atoms with Gasteiger partial charge < -0.3 is 5.11 Å². The molecule has 0 saturated heterocycles. The molecule has 0 aliphatic carbocycles. The van der Waals surface area contributed by atoms with Gasteiger partial charge in [-0.3, -0.25) is 4.79 Å². The summed E-state index contributed by atoms with van der Waals surface area (Å²) in [4.78, 5) is 10.3. The van der Waals surface area contributed by atoms with Crippen LogP contribution in [0.3, 0.4) is 0 Å². The first-order valence-electron chi connectivity index (χ1n) is 4.88. The van der Waals surface area contributed by atoms with E-state index in [0.29, 0.717) is 0 Å². The molecule has 1 aromatic rings.